The zero-order valence-corrected chi connectivity index (χ0v) is 11.8. The largest absolute Gasteiger partial charge is 0.485 e. The first kappa shape index (κ1) is 16.9. The zero-order valence-electron chi connectivity index (χ0n) is 11.8. The second-order valence-corrected chi connectivity index (χ2v) is 4.69. The number of benzene rings is 1. The van der Waals surface area contributed by atoms with Crippen molar-refractivity contribution in [2.45, 2.75) is 26.3 Å². The molecule has 1 aromatic heterocycles. The third-order valence-corrected chi connectivity index (χ3v) is 2.88. The van der Waals surface area contributed by atoms with Gasteiger partial charge in [0.1, 0.15) is 36.4 Å². The molecule has 2 aromatic rings. The first-order valence-corrected chi connectivity index (χ1v) is 6.37. The summed E-state index contributed by atoms with van der Waals surface area (Å²) in [4.78, 5) is 15.1. The molecule has 124 valence electrons. The van der Waals surface area contributed by atoms with Crippen LogP contribution in [0.15, 0.2) is 24.5 Å². The molecule has 0 saturated heterocycles. The van der Waals surface area contributed by atoms with Gasteiger partial charge >= 0.3 is 6.18 Å². The fourth-order valence-electron chi connectivity index (χ4n) is 1.97. The van der Waals surface area contributed by atoms with Gasteiger partial charge < -0.3 is 9.30 Å². The molecule has 0 unspecified atom stereocenters. The van der Waals surface area contributed by atoms with E-state index in [1.165, 1.54) is 0 Å². The maximum Gasteiger partial charge on any atom is 0.406 e. The summed E-state index contributed by atoms with van der Waals surface area (Å²) < 4.78 is 70.0. The number of hydrogen-bond donors (Lipinski definition) is 0. The van der Waals surface area contributed by atoms with E-state index in [0.717, 1.165) is 30.0 Å². The Kier molecular flexibility index (Phi) is 4.67. The van der Waals surface area contributed by atoms with Crippen molar-refractivity contribution < 1.29 is 31.5 Å². The summed E-state index contributed by atoms with van der Waals surface area (Å²) in [5, 5.41) is 0. The van der Waals surface area contributed by atoms with Gasteiger partial charge in [0.15, 0.2) is 5.78 Å². The number of Topliss-reactive ketones (excluding diaryl/α,β-unsaturated/α-hetero) is 1. The lowest BCUT2D eigenvalue weighted by atomic mass is 10.1. The van der Waals surface area contributed by atoms with Gasteiger partial charge in [-0.25, -0.2) is 13.8 Å². The summed E-state index contributed by atoms with van der Waals surface area (Å²) in [5.74, 6) is -3.26. The Morgan fingerprint density at radius 3 is 2.61 bits per heavy atom. The molecule has 0 fully saturated rings. The van der Waals surface area contributed by atoms with E-state index in [0.29, 0.717) is 6.07 Å². The predicted molar refractivity (Wildman–Crippen MR) is 69.0 cm³/mol. The summed E-state index contributed by atoms with van der Waals surface area (Å²) in [6, 6.07) is 1.31. The second-order valence-electron chi connectivity index (χ2n) is 4.69. The van der Waals surface area contributed by atoms with Crippen molar-refractivity contribution in [1.82, 2.24) is 9.55 Å². The Bertz CT molecular complexity index is 724. The number of carbonyl (C=O) groups excluding carboxylic acids is 1. The van der Waals surface area contributed by atoms with E-state index in [2.05, 4.69) is 4.98 Å². The lowest BCUT2D eigenvalue weighted by molar-refractivity contribution is -0.141. The van der Waals surface area contributed by atoms with Gasteiger partial charge in [-0.15, -0.1) is 0 Å². The molecule has 0 bridgehead atoms. The van der Waals surface area contributed by atoms with Crippen LogP contribution in [0.2, 0.25) is 0 Å². The molecular weight excluding hydrogens is 323 g/mol. The molecule has 1 heterocycles. The van der Waals surface area contributed by atoms with E-state index in [1.54, 1.807) is 0 Å². The number of imidazole rings is 1. The number of nitrogens with zero attached hydrogens (tertiary/aromatic N) is 2. The van der Waals surface area contributed by atoms with E-state index in [1.807, 2.05) is 0 Å². The maximum atomic E-state index is 13.6. The molecule has 9 heteroatoms. The highest BCUT2D eigenvalue weighted by molar-refractivity contribution is 5.97. The third-order valence-electron chi connectivity index (χ3n) is 2.88. The van der Waals surface area contributed by atoms with Crippen molar-refractivity contribution in [3.63, 3.8) is 0 Å². The lowest BCUT2D eigenvalue weighted by Crippen LogP contribution is -2.20. The van der Waals surface area contributed by atoms with Crippen LogP contribution in [0.3, 0.4) is 0 Å². The number of ketones is 1. The fraction of sp³-hybridized carbons (Fsp3) is 0.286. The van der Waals surface area contributed by atoms with E-state index in [9.17, 15) is 26.7 Å². The molecule has 0 saturated carbocycles. The Balaban J connectivity index is 2.22. The van der Waals surface area contributed by atoms with E-state index < -0.39 is 48.1 Å². The molecule has 0 atom stereocenters. The lowest BCUT2D eigenvalue weighted by Gasteiger charge is -2.13. The standard InChI is InChI=1S/C14H11F5N2O2/c1-8(22)13-10(16)4-9(15)5-11(13)23-6-12-20-2-3-21(12)7-14(17,18)19/h2-5H,6-7H2,1H3. The van der Waals surface area contributed by atoms with Crippen molar-refractivity contribution in [1.29, 1.82) is 0 Å². The van der Waals surface area contributed by atoms with Crippen molar-refractivity contribution in [3.8, 4) is 5.75 Å². The van der Waals surface area contributed by atoms with Crippen LogP contribution in [0.4, 0.5) is 22.0 Å². The van der Waals surface area contributed by atoms with Gasteiger partial charge in [-0.2, -0.15) is 13.2 Å². The highest BCUT2D eigenvalue weighted by Crippen LogP contribution is 2.25. The number of ether oxygens (including phenoxy) is 1. The van der Waals surface area contributed by atoms with Crippen LogP contribution in [-0.4, -0.2) is 21.5 Å². The zero-order chi connectivity index (χ0) is 17.2. The Hall–Kier alpha value is -2.45. The minimum atomic E-state index is -4.45. The van der Waals surface area contributed by atoms with Crippen LogP contribution < -0.4 is 4.74 Å². The smallest absolute Gasteiger partial charge is 0.406 e. The minimum absolute atomic E-state index is 0.0958. The van der Waals surface area contributed by atoms with Crippen LogP contribution in [0, 0.1) is 11.6 Å². The molecule has 0 amide bonds. The quantitative estimate of drug-likeness (QED) is 0.621. The first-order valence-electron chi connectivity index (χ1n) is 6.37. The van der Waals surface area contributed by atoms with Crippen molar-refractivity contribution in [2.75, 3.05) is 0 Å². The summed E-state index contributed by atoms with van der Waals surface area (Å²) in [6.45, 7) is -0.692. The summed E-state index contributed by atoms with van der Waals surface area (Å²) in [7, 11) is 0. The van der Waals surface area contributed by atoms with E-state index in [4.69, 9.17) is 4.74 Å². The predicted octanol–water partition coefficient (Wildman–Crippen LogP) is 3.51. The molecule has 1 aromatic carbocycles. The average Bonchev–Trinajstić information content (AvgIpc) is 2.79. The van der Waals surface area contributed by atoms with Crippen LogP contribution in [0.1, 0.15) is 23.1 Å². The molecular formula is C14H11F5N2O2. The van der Waals surface area contributed by atoms with Gasteiger partial charge in [0.05, 0.1) is 5.56 Å². The third kappa shape index (κ3) is 4.27. The molecule has 0 radical (unpaired) electrons. The maximum absolute atomic E-state index is 13.6. The fourth-order valence-corrected chi connectivity index (χ4v) is 1.97. The number of aromatic nitrogens is 2. The first-order chi connectivity index (χ1) is 10.7. The molecule has 0 N–H and O–H groups in total. The number of halogens is 5. The van der Waals surface area contributed by atoms with Crippen molar-refractivity contribution >= 4 is 5.78 Å². The number of carbonyl (C=O) groups is 1. The number of hydrogen-bond acceptors (Lipinski definition) is 3. The summed E-state index contributed by atoms with van der Waals surface area (Å²) >= 11 is 0. The Labute approximate surface area is 127 Å². The van der Waals surface area contributed by atoms with Gasteiger partial charge in [-0.1, -0.05) is 0 Å². The van der Waals surface area contributed by atoms with E-state index in [-0.39, 0.29) is 5.82 Å². The molecule has 0 aliphatic carbocycles. The number of alkyl halides is 3. The highest BCUT2D eigenvalue weighted by Gasteiger charge is 2.29. The van der Waals surface area contributed by atoms with Gasteiger partial charge in [-0.3, -0.25) is 4.79 Å². The van der Waals surface area contributed by atoms with Crippen LogP contribution in [-0.2, 0) is 13.2 Å². The molecule has 0 spiro atoms. The monoisotopic (exact) mass is 334 g/mol. The Morgan fingerprint density at radius 1 is 1.30 bits per heavy atom. The summed E-state index contributed by atoms with van der Waals surface area (Å²) in [5.41, 5.74) is -0.472. The van der Waals surface area contributed by atoms with Gasteiger partial charge in [0, 0.05) is 24.5 Å². The normalized spacial score (nSPS) is 11.6. The van der Waals surface area contributed by atoms with Gasteiger partial charge in [0.2, 0.25) is 0 Å². The van der Waals surface area contributed by atoms with Crippen LogP contribution in [0.5, 0.6) is 5.75 Å². The van der Waals surface area contributed by atoms with Gasteiger partial charge in [-0.05, 0) is 6.92 Å². The van der Waals surface area contributed by atoms with Crippen LogP contribution in [0.25, 0.3) is 0 Å². The van der Waals surface area contributed by atoms with Crippen LogP contribution >= 0.6 is 0 Å². The van der Waals surface area contributed by atoms with Crippen molar-refractivity contribution in [3.05, 3.63) is 47.5 Å². The highest BCUT2D eigenvalue weighted by atomic mass is 19.4. The molecule has 2 rings (SSSR count). The number of rotatable bonds is 5. The summed E-state index contributed by atoms with van der Waals surface area (Å²) in [6.07, 6.45) is -2.21. The molecule has 23 heavy (non-hydrogen) atoms. The van der Waals surface area contributed by atoms with Crippen molar-refractivity contribution in [2.24, 2.45) is 0 Å². The average molecular weight is 334 g/mol. The molecule has 0 aliphatic rings. The SMILES string of the molecule is CC(=O)c1c(F)cc(F)cc1OCc1nccn1CC(F)(F)F. The topological polar surface area (TPSA) is 44.1 Å². The molecule has 4 nitrogen and oxygen atoms in total. The Morgan fingerprint density at radius 2 is 2.00 bits per heavy atom. The second kappa shape index (κ2) is 6.35. The van der Waals surface area contributed by atoms with Gasteiger partial charge in [0.25, 0.3) is 0 Å². The molecule has 0 aliphatic heterocycles. The van der Waals surface area contributed by atoms with E-state index >= 15 is 0 Å². The minimum Gasteiger partial charge on any atom is -0.485 e.